The lowest BCUT2D eigenvalue weighted by Gasteiger charge is -2.41. The minimum Gasteiger partial charge on any atom is -0.493 e. The SMILES string of the molecule is CCCOc1ccc(-c2nc(-c3ccc4oc(C5(NC(=O)O)COC(C)(C)OC5)cc4c3)no2)cc1C(F)(F)F. The summed E-state index contributed by atoms with van der Waals surface area (Å²) in [7, 11) is 0. The normalized spacial score (nSPS) is 16.6. The molecule has 2 N–H and O–H groups in total. The van der Waals surface area contributed by atoms with Gasteiger partial charge in [-0.25, -0.2) is 4.79 Å². The number of benzene rings is 2. The van der Waals surface area contributed by atoms with Crippen molar-refractivity contribution in [2.24, 2.45) is 0 Å². The van der Waals surface area contributed by atoms with Crippen LogP contribution in [0, 0.1) is 0 Å². The van der Waals surface area contributed by atoms with Crippen molar-refractivity contribution in [3.8, 4) is 28.6 Å². The summed E-state index contributed by atoms with van der Waals surface area (Å²) in [4.78, 5) is 15.9. The number of ether oxygens (including phenoxy) is 3. The molecular weight excluding hydrogens is 535 g/mol. The minimum absolute atomic E-state index is 0.0185. The number of fused-ring (bicyclic) bond motifs is 1. The molecule has 1 fully saturated rings. The Morgan fingerprint density at radius 1 is 1.10 bits per heavy atom. The van der Waals surface area contributed by atoms with E-state index >= 15 is 0 Å². The smallest absolute Gasteiger partial charge is 0.419 e. The van der Waals surface area contributed by atoms with E-state index in [1.54, 1.807) is 45.0 Å². The van der Waals surface area contributed by atoms with Gasteiger partial charge in [0.05, 0.1) is 25.4 Å². The van der Waals surface area contributed by atoms with E-state index < -0.39 is 29.2 Å². The molecule has 0 atom stereocenters. The first kappa shape index (κ1) is 27.5. The van der Waals surface area contributed by atoms with E-state index in [1.807, 2.05) is 0 Å². The van der Waals surface area contributed by atoms with Crippen LogP contribution in [-0.4, -0.2) is 46.9 Å². The van der Waals surface area contributed by atoms with Crippen LogP contribution in [0.5, 0.6) is 5.75 Å². The Morgan fingerprint density at radius 2 is 1.82 bits per heavy atom. The Bertz CT molecular complexity index is 1530. The first-order valence-corrected chi connectivity index (χ1v) is 12.4. The number of nitrogens with zero attached hydrogens (tertiary/aromatic N) is 2. The second kappa shape index (κ2) is 10.1. The van der Waals surface area contributed by atoms with Gasteiger partial charge in [0.25, 0.3) is 5.89 Å². The van der Waals surface area contributed by atoms with E-state index in [0.29, 0.717) is 23.0 Å². The van der Waals surface area contributed by atoms with Crippen molar-refractivity contribution in [3.63, 3.8) is 0 Å². The quantitative estimate of drug-likeness (QED) is 0.271. The van der Waals surface area contributed by atoms with Gasteiger partial charge >= 0.3 is 12.3 Å². The molecule has 0 bridgehead atoms. The van der Waals surface area contributed by atoms with E-state index in [0.717, 1.165) is 6.07 Å². The third-order valence-corrected chi connectivity index (χ3v) is 6.34. The predicted octanol–water partition coefficient (Wildman–Crippen LogP) is 6.20. The molecular formula is C27H26F3N3O7. The van der Waals surface area contributed by atoms with Crippen molar-refractivity contribution in [1.29, 1.82) is 0 Å². The number of hydrogen-bond acceptors (Lipinski definition) is 8. The summed E-state index contributed by atoms with van der Waals surface area (Å²) in [5.74, 6) is -0.825. The summed E-state index contributed by atoms with van der Waals surface area (Å²) in [5, 5.41) is 16.4. The second-order valence-corrected chi connectivity index (χ2v) is 9.83. The molecule has 2 aromatic heterocycles. The fourth-order valence-electron chi connectivity index (χ4n) is 4.26. The largest absolute Gasteiger partial charge is 0.493 e. The molecule has 10 nitrogen and oxygen atoms in total. The number of halogens is 3. The number of aromatic nitrogens is 2. The van der Waals surface area contributed by atoms with Gasteiger partial charge in [-0.3, -0.25) is 0 Å². The topological polar surface area (TPSA) is 129 Å². The van der Waals surface area contributed by atoms with Crippen LogP contribution >= 0.6 is 0 Å². The molecule has 1 saturated heterocycles. The molecule has 1 amide bonds. The summed E-state index contributed by atoms with van der Waals surface area (Å²) in [5.41, 5.74) is -1.16. The van der Waals surface area contributed by atoms with Crippen molar-refractivity contribution >= 4 is 17.1 Å². The Balaban J connectivity index is 1.45. The van der Waals surface area contributed by atoms with Crippen molar-refractivity contribution in [1.82, 2.24) is 15.5 Å². The Hall–Kier alpha value is -4.10. The number of amides is 1. The maximum Gasteiger partial charge on any atom is 0.419 e. The maximum absolute atomic E-state index is 13.7. The fourth-order valence-corrected chi connectivity index (χ4v) is 4.26. The number of alkyl halides is 3. The summed E-state index contributed by atoms with van der Waals surface area (Å²) < 4.78 is 68.9. The van der Waals surface area contributed by atoms with Gasteiger partial charge in [0.15, 0.2) is 5.79 Å². The van der Waals surface area contributed by atoms with Gasteiger partial charge in [0, 0.05) is 16.5 Å². The average molecular weight is 562 g/mol. The van der Waals surface area contributed by atoms with Crippen molar-refractivity contribution < 1.29 is 46.2 Å². The molecule has 2 aromatic carbocycles. The van der Waals surface area contributed by atoms with Crippen LogP contribution < -0.4 is 10.1 Å². The summed E-state index contributed by atoms with van der Waals surface area (Å²) in [6, 6.07) is 10.2. The minimum atomic E-state index is -4.64. The zero-order valence-electron chi connectivity index (χ0n) is 21.8. The third-order valence-electron chi connectivity index (χ3n) is 6.34. The molecule has 40 heavy (non-hydrogen) atoms. The number of furan rings is 1. The molecule has 13 heteroatoms. The maximum atomic E-state index is 13.7. The Kier molecular flexibility index (Phi) is 6.96. The van der Waals surface area contributed by atoms with E-state index in [4.69, 9.17) is 23.2 Å². The van der Waals surface area contributed by atoms with Gasteiger partial charge in [-0.05, 0) is 62.7 Å². The van der Waals surface area contributed by atoms with E-state index in [1.165, 1.54) is 12.1 Å². The number of nitrogens with one attached hydrogen (secondary N) is 1. The highest BCUT2D eigenvalue weighted by Gasteiger charge is 2.45. The Morgan fingerprint density at radius 3 is 2.50 bits per heavy atom. The van der Waals surface area contributed by atoms with Crippen molar-refractivity contribution in [2.75, 3.05) is 19.8 Å². The Labute approximate surface area is 226 Å². The van der Waals surface area contributed by atoms with Gasteiger partial charge in [-0.2, -0.15) is 18.2 Å². The molecule has 212 valence electrons. The molecule has 5 rings (SSSR count). The molecule has 0 unspecified atom stereocenters. The van der Waals surface area contributed by atoms with E-state index in [9.17, 15) is 23.1 Å². The lowest BCUT2D eigenvalue weighted by molar-refractivity contribution is -0.274. The van der Waals surface area contributed by atoms with E-state index in [2.05, 4.69) is 15.5 Å². The highest BCUT2D eigenvalue weighted by Crippen LogP contribution is 2.39. The van der Waals surface area contributed by atoms with E-state index in [-0.39, 0.29) is 48.6 Å². The summed E-state index contributed by atoms with van der Waals surface area (Å²) in [6.07, 6.45) is -5.35. The lowest BCUT2D eigenvalue weighted by atomic mass is 9.96. The number of carbonyl (C=O) groups is 1. The molecule has 0 spiro atoms. The summed E-state index contributed by atoms with van der Waals surface area (Å²) in [6.45, 7) is 5.36. The van der Waals surface area contributed by atoms with Gasteiger partial charge in [-0.1, -0.05) is 12.1 Å². The highest BCUT2D eigenvalue weighted by atomic mass is 19.4. The number of hydrogen-bond donors (Lipinski definition) is 2. The highest BCUT2D eigenvalue weighted by molar-refractivity contribution is 5.83. The second-order valence-electron chi connectivity index (χ2n) is 9.83. The van der Waals surface area contributed by atoms with Crippen LogP contribution in [0.2, 0.25) is 0 Å². The number of carboxylic acid groups (broad SMARTS) is 1. The van der Waals surface area contributed by atoms with Gasteiger partial charge in [-0.15, -0.1) is 0 Å². The van der Waals surface area contributed by atoms with Gasteiger partial charge in [0.2, 0.25) is 5.82 Å². The number of rotatable bonds is 7. The third kappa shape index (κ3) is 5.47. The molecule has 1 aliphatic rings. The molecule has 0 aliphatic carbocycles. The van der Waals surface area contributed by atoms with Gasteiger partial charge < -0.3 is 33.6 Å². The molecule has 1 aliphatic heterocycles. The monoisotopic (exact) mass is 561 g/mol. The fraction of sp³-hybridized carbons (Fsp3) is 0.370. The first-order valence-electron chi connectivity index (χ1n) is 12.4. The molecule has 4 aromatic rings. The molecule has 3 heterocycles. The zero-order chi connectivity index (χ0) is 28.7. The first-order chi connectivity index (χ1) is 18.9. The van der Waals surface area contributed by atoms with Crippen LogP contribution in [0.25, 0.3) is 33.8 Å². The van der Waals surface area contributed by atoms with Crippen LogP contribution in [0.15, 0.2) is 51.4 Å². The summed E-state index contributed by atoms with van der Waals surface area (Å²) >= 11 is 0. The van der Waals surface area contributed by atoms with Crippen molar-refractivity contribution in [2.45, 2.75) is 44.7 Å². The van der Waals surface area contributed by atoms with Crippen LogP contribution in [-0.2, 0) is 21.2 Å². The van der Waals surface area contributed by atoms with Gasteiger partial charge in [0.1, 0.15) is 22.6 Å². The van der Waals surface area contributed by atoms with Crippen LogP contribution in [0.3, 0.4) is 0 Å². The lowest BCUT2D eigenvalue weighted by Crippen LogP contribution is -2.58. The van der Waals surface area contributed by atoms with Crippen molar-refractivity contribution in [3.05, 3.63) is 53.8 Å². The molecule has 0 saturated carbocycles. The average Bonchev–Trinajstić information content (AvgIpc) is 3.55. The van der Waals surface area contributed by atoms with Crippen LogP contribution in [0.1, 0.15) is 38.5 Å². The zero-order valence-corrected chi connectivity index (χ0v) is 21.8. The van der Waals surface area contributed by atoms with Crippen LogP contribution in [0.4, 0.5) is 18.0 Å². The molecule has 0 radical (unpaired) electrons. The predicted molar refractivity (Wildman–Crippen MR) is 135 cm³/mol. The standard InChI is InChI=1S/C27H26F3N3O7/c1-4-9-36-20-8-6-16(11-18(20)27(28,29)30)23-31-22(33-40-23)15-5-7-19-17(10-15)12-21(39-19)26(32-24(34)35)13-37-25(2,3)38-14-26/h5-8,10-12,32H,4,9,13-14H2,1-3H3,(H,34,35).